The second-order valence-corrected chi connectivity index (χ2v) is 7.47. The molecule has 2 aromatic heterocycles. The molecule has 1 unspecified atom stereocenters. The van der Waals surface area contributed by atoms with Crippen molar-refractivity contribution in [2.75, 3.05) is 23.8 Å². The van der Waals surface area contributed by atoms with Crippen LogP contribution in [0.5, 0.6) is 0 Å². The van der Waals surface area contributed by atoms with Crippen molar-refractivity contribution in [3.8, 4) is 0 Å². The van der Waals surface area contributed by atoms with E-state index in [2.05, 4.69) is 25.6 Å². The van der Waals surface area contributed by atoms with Crippen LogP contribution in [0.25, 0.3) is 11.2 Å². The average molecular weight is 455 g/mol. The number of rotatable bonds is 5. The Hall–Kier alpha value is -2.92. The molecule has 3 heterocycles. The number of aromatic nitrogens is 4. The van der Waals surface area contributed by atoms with Crippen LogP contribution in [0.3, 0.4) is 0 Å². The Balaban J connectivity index is 1.70. The number of imidazole rings is 1. The fourth-order valence-electron chi connectivity index (χ4n) is 3.69. The largest absolute Gasteiger partial charge is 0.393 e. The topological polar surface area (TPSA) is 97.1 Å². The normalized spacial score (nSPS) is 33.8. The number of hydrogen-bond donors (Lipinski definition) is 3. The molecule has 170 valence electrons. The van der Waals surface area contributed by atoms with Crippen LogP contribution >= 0.6 is 0 Å². The van der Waals surface area contributed by atoms with Gasteiger partial charge < -0.3 is 20.5 Å². The van der Waals surface area contributed by atoms with E-state index in [9.17, 15) is 18.3 Å². The first-order chi connectivity index (χ1) is 18.1. The number of ether oxygens (including phenoxy) is 1. The maximum absolute atomic E-state index is 14.5. The molecule has 32 heavy (non-hydrogen) atoms. The van der Waals surface area contributed by atoms with Gasteiger partial charge in [0.25, 0.3) is 0 Å². The Bertz CT molecular complexity index is 1410. The molecule has 1 saturated heterocycles. The Labute approximate surface area is 191 Å². The zero-order chi connectivity index (χ0) is 28.5. The van der Waals surface area contributed by atoms with Gasteiger partial charge in [0.05, 0.1) is 31.7 Å². The molecular weight excluding hydrogens is 425 g/mol. The third-order valence-electron chi connectivity index (χ3n) is 5.27. The average Bonchev–Trinajstić information content (AvgIpc) is 3.22. The Morgan fingerprint density at radius 1 is 1.16 bits per heavy atom. The van der Waals surface area contributed by atoms with Gasteiger partial charge in [-0.2, -0.15) is 4.98 Å². The highest BCUT2D eigenvalue weighted by Gasteiger charge is 2.27. The van der Waals surface area contributed by atoms with Crippen molar-refractivity contribution < 1.29 is 32.6 Å². The molecular formula is C21H23F3N6O2. The van der Waals surface area contributed by atoms with E-state index in [1.807, 2.05) is 0 Å². The number of benzene rings is 1. The van der Waals surface area contributed by atoms with E-state index >= 15 is 0 Å². The Morgan fingerprint density at radius 2 is 1.91 bits per heavy atom. The molecule has 1 aliphatic carbocycles. The number of aliphatic hydroxyl groups is 1. The maximum Gasteiger partial charge on any atom is 0.224 e. The number of nitrogens with zero attached hydrogens (tertiary/aromatic N) is 4. The highest BCUT2D eigenvalue weighted by Crippen LogP contribution is 2.32. The van der Waals surface area contributed by atoms with Gasteiger partial charge in [-0.05, 0) is 32.1 Å². The lowest BCUT2D eigenvalue weighted by atomic mass is 9.93. The van der Waals surface area contributed by atoms with E-state index in [0.717, 1.165) is 6.20 Å². The maximum atomic E-state index is 14.5. The van der Waals surface area contributed by atoms with Crippen LogP contribution in [0.2, 0.25) is 0 Å². The predicted octanol–water partition coefficient (Wildman–Crippen LogP) is 3.66. The Morgan fingerprint density at radius 3 is 2.59 bits per heavy atom. The minimum Gasteiger partial charge on any atom is -0.393 e. The smallest absolute Gasteiger partial charge is 0.224 e. The molecule has 2 fully saturated rings. The standard InChI is InChI=1S/C21H23F3N6O2/c22-11-7-15(23)18(16(24)8-11)28-21-27-17-9-25-20(26-12-1-3-14(31)4-2-12)29-19(17)30(21)13-5-6-32-10-13/h7-9,12-14,31H,1-6,10H2,(H,27,28)(H,25,26,29)/i5D2,6D2,10D2,13D. The van der Waals surface area contributed by atoms with Crippen molar-refractivity contribution in [1.29, 1.82) is 0 Å². The molecule has 0 spiro atoms. The van der Waals surface area contributed by atoms with E-state index in [-0.39, 0.29) is 23.2 Å². The van der Waals surface area contributed by atoms with E-state index in [1.165, 1.54) is 0 Å². The SMILES string of the molecule is [2H]C1([2H])OC([2H])([2H])C([2H])(n2c(Nc3c(F)cc(F)cc3F)nc3cnc(NC4CCC(O)CC4)nc32)C1([2H])[2H]. The first-order valence-electron chi connectivity index (χ1n) is 13.4. The quantitative estimate of drug-likeness (QED) is 0.540. The number of halogens is 3. The van der Waals surface area contributed by atoms with Crippen molar-refractivity contribution in [1.82, 2.24) is 19.5 Å². The molecule has 5 rings (SSSR count). The van der Waals surface area contributed by atoms with Gasteiger partial charge >= 0.3 is 0 Å². The van der Waals surface area contributed by atoms with Crippen LogP contribution in [-0.4, -0.2) is 49.9 Å². The lowest BCUT2D eigenvalue weighted by molar-refractivity contribution is 0.126. The van der Waals surface area contributed by atoms with Gasteiger partial charge in [0, 0.05) is 27.5 Å². The van der Waals surface area contributed by atoms with Gasteiger partial charge in [0.1, 0.15) is 17.0 Å². The first-order valence-corrected chi connectivity index (χ1v) is 9.90. The zero-order valence-electron chi connectivity index (χ0n) is 23.5. The van der Waals surface area contributed by atoms with Crippen molar-refractivity contribution in [3.05, 3.63) is 35.8 Å². The molecule has 1 saturated carbocycles. The van der Waals surface area contributed by atoms with Crippen molar-refractivity contribution in [2.24, 2.45) is 0 Å². The van der Waals surface area contributed by atoms with Crippen LogP contribution < -0.4 is 10.6 Å². The predicted molar refractivity (Wildman–Crippen MR) is 111 cm³/mol. The molecule has 8 nitrogen and oxygen atoms in total. The van der Waals surface area contributed by atoms with Crippen LogP contribution in [0, 0.1) is 17.5 Å². The summed E-state index contributed by atoms with van der Waals surface area (Å²) < 4.78 is 106. The van der Waals surface area contributed by atoms with Crippen LogP contribution in [0.4, 0.5) is 30.8 Å². The fourth-order valence-corrected chi connectivity index (χ4v) is 3.69. The van der Waals surface area contributed by atoms with Crippen LogP contribution in [0.1, 0.15) is 47.7 Å². The second-order valence-electron chi connectivity index (χ2n) is 7.47. The van der Waals surface area contributed by atoms with Crippen molar-refractivity contribution >= 4 is 28.7 Å². The number of anilines is 3. The van der Waals surface area contributed by atoms with E-state index in [4.69, 9.17) is 14.3 Å². The summed E-state index contributed by atoms with van der Waals surface area (Å²) in [6.45, 7) is -6.68. The van der Waals surface area contributed by atoms with Gasteiger partial charge in [-0.15, -0.1) is 0 Å². The summed E-state index contributed by atoms with van der Waals surface area (Å²) in [7, 11) is 0. The molecule has 1 aliphatic heterocycles. The summed E-state index contributed by atoms with van der Waals surface area (Å²) in [5, 5.41) is 15.0. The van der Waals surface area contributed by atoms with Crippen molar-refractivity contribution in [3.63, 3.8) is 0 Å². The van der Waals surface area contributed by atoms with E-state index in [1.54, 1.807) is 0 Å². The summed E-state index contributed by atoms with van der Waals surface area (Å²) in [5.74, 6) is -4.75. The molecule has 11 heteroatoms. The number of fused-ring (bicyclic) bond motifs is 1. The van der Waals surface area contributed by atoms with E-state index < -0.39 is 60.7 Å². The first kappa shape index (κ1) is 14.3. The van der Waals surface area contributed by atoms with Crippen molar-refractivity contribution in [2.45, 2.75) is 50.2 Å². The van der Waals surface area contributed by atoms with Gasteiger partial charge in [0.2, 0.25) is 11.9 Å². The highest BCUT2D eigenvalue weighted by molar-refractivity contribution is 5.76. The molecule has 2 aliphatic rings. The molecule has 3 aromatic rings. The molecule has 0 amide bonds. The minimum atomic E-state index is -3.41. The molecule has 0 radical (unpaired) electrons. The summed E-state index contributed by atoms with van der Waals surface area (Å²) in [6, 6.07) is -2.70. The third-order valence-corrected chi connectivity index (χ3v) is 5.27. The zero-order valence-corrected chi connectivity index (χ0v) is 16.5. The van der Waals surface area contributed by atoms with Gasteiger partial charge in [-0.1, -0.05) is 0 Å². The van der Waals surface area contributed by atoms with Gasteiger partial charge in [-0.25, -0.2) is 23.1 Å². The number of hydrogen-bond acceptors (Lipinski definition) is 7. The molecule has 3 N–H and O–H groups in total. The molecule has 1 aromatic carbocycles. The number of aliphatic hydroxyl groups excluding tert-OH is 1. The minimum absolute atomic E-state index is 0.0256. The van der Waals surface area contributed by atoms with Gasteiger partial charge in [0.15, 0.2) is 17.3 Å². The van der Waals surface area contributed by atoms with E-state index in [0.29, 0.717) is 42.4 Å². The second kappa shape index (κ2) is 8.55. The molecule has 1 atom stereocenters. The lowest BCUT2D eigenvalue weighted by Gasteiger charge is -2.26. The van der Waals surface area contributed by atoms with Crippen LogP contribution in [-0.2, 0) is 4.74 Å². The van der Waals surface area contributed by atoms with Crippen LogP contribution in [0.15, 0.2) is 18.3 Å². The fraction of sp³-hybridized carbons (Fsp3) is 0.476. The summed E-state index contributed by atoms with van der Waals surface area (Å²) in [6.07, 6.45) is -0.462. The highest BCUT2D eigenvalue weighted by atomic mass is 19.1. The summed E-state index contributed by atoms with van der Waals surface area (Å²) in [4.78, 5) is 12.5. The third kappa shape index (κ3) is 4.09. The monoisotopic (exact) mass is 455 g/mol. The summed E-state index contributed by atoms with van der Waals surface area (Å²) in [5.41, 5.74) is -1.47. The number of nitrogens with one attached hydrogen (secondary N) is 2. The Kier molecular flexibility index (Phi) is 3.81. The summed E-state index contributed by atoms with van der Waals surface area (Å²) >= 11 is 0. The molecule has 0 bridgehead atoms. The lowest BCUT2D eigenvalue weighted by Crippen LogP contribution is -2.29. The van der Waals surface area contributed by atoms with Gasteiger partial charge in [-0.3, -0.25) is 4.57 Å².